The molecule has 1 saturated heterocycles. The first-order valence-corrected chi connectivity index (χ1v) is 12.4. The van der Waals surface area contributed by atoms with Crippen LogP contribution in [0.5, 0.6) is 11.5 Å². The Morgan fingerprint density at radius 3 is 2.74 bits per heavy atom. The summed E-state index contributed by atoms with van der Waals surface area (Å²) in [5, 5.41) is 15.2. The number of rotatable bonds is 6. The van der Waals surface area contributed by atoms with E-state index in [1.165, 1.54) is 0 Å². The van der Waals surface area contributed by atoms with Crippen molar-refractivity contribution < 1.29 is 19.0 Å². The average Bonchev–Trinajstić information content (AvgIpc) is 2.89. The van der Waals surface area contributed by atoms with Gasteiger partial charge in [0.2, 0.25) is 0 Å². The summed E-state index contributed by atoms with van der Waals surface area (Å²) in [6, 6.07) is 9.41. The van der Waals surface area contributed by atoms with Crippen LogP contribution in [0, 0.1) is 6.92 Å². The van der Waals surface area contributed by atoms with E-state index < -0.39 is 12.3 Å². The average molecular weight is 483 g/mol. The zero-order valence-corrected chi connectivity index (χ0v) is 20.7. The molecule has 0 amide bonds. The molecule has 0 spiro atoms. The van der Waals surface area contributed by atoms with Crippen molar-refractivity contribution in [2.75, 3.05) is 32.8 Å². The number of nitrogens with one attached hydrogen (secondary N) is 1. The highest BCUT2D eigenvalue weighted by molar-refractivity contribution is 5.83. The Kier molecular flexibility index (Phi) is 8.49. The number of hydrogen-bond acceptors (Lipinski definition) is 7. The summed E-state index contributed by atoms with van der Waals surface area (Å²) in [6.07, 6.45) is 2.42. The van der Waals surface area contributed by atoms with Gasteiger partial charge in [-0.15, -0.1) is 0 Å². The molecular formula is C27H35FN4O3. The summed E-state index contributed by atoms with van der Waals surface area (Å²) in [5.41, 5.74) is 3.54. The van der Waals surface area contributed by atoms with Crippen molar-refractivity contribution in [3.8, 4) is 11.5 Å². The molecule has 2 aliphatic rings. The summed E-state index contributed by atoms with van der Waals surface area (Å²) in [4.78, 5) is 10.8. The molecule has 0 bridgehead atoms. The highest BCUT2D eigenvalue weighted by Crippen LogP contribution is 2.30. The van der Waals surface area contributed by atoms with E-state index in [9.17, 15) is 9.50 Å². The molecule has 35 heavy (non-hydrogen) atoms. The molecule has 0 aliphatic carbocycles. The fourth-order valence-corrected chi connectivity index (χ4v) is 4.60. The highest BCUT2D eigenvalue weighted by atomic mass is 19.1. The van der Waals surface area contributed by atoms with Crippen molar-refractivity contribution in [3.05, 3.63) is 59.5 Å². The number of ether oxygens (including phenoxy) is 2. The first-order valence-electron chi connectivity index (χ1n) is 12.4. The molecule has 5 rings (SSSR count). The molecule has 8 heteroatoms. The van der Waals surface area contributed by atoms with E-state index in [1.807, 2.05) is 62.2 Å². The van der Waals surface area contributed by atoms with E-state index in [2.05, 4.69) is 15.3 Å². The Morgan fingerprint density at radius 1 is 1.14 bits per heavy atom. The van der Waals surface area contributed by atoms with Gasteiger partial charge in [0.1, 0.15) is 19.4 Å². The normalized spacial score (nSPS) is 20.7. The molecule has 1 fully saturated rings. The lowest BCUT2D eigenvalue weighted by Crippen LogP contribution is -2.51. The fraction of sp³-hybridized carbons (Fsp3) is 0.481. The number of benzene rings is 1. The number of aryl methyl sites for hydroxylation is 1. The third-order valence-electron chi connectivity index (χ3n) is 6.34. The van der Waals surface area contributed by atoms with E-state index in [-0.39, 0.29) is 12.6 Å². The van der Waals surface area contributed by atoms with Gasteiger partial charge in [-0.25, -0.2) is 4.39 Å². The van der Waals surface area contributed by atoms with E-state index in [4.69, 9.17) is 9.47 Å². The predicted octanol–water partition coefficient (Wildman–Crippen LogP) is 3.97. The largest absolute Gasteiger partial charge is 0.486 e. The highest BCUT2D eigenvalue weighted by Gasteiger charge is 2.30. The maximum Gasteiger partial charge on any atom is 0.179 e. The molecule has 0 radical (unpaired) electrons. The van der Waals surface area contributed by atoms with Gasteiger partial charge >= 0.3 is 0 Å². The van der Waals surface area contributed by atoms with Crippen LogP contribution in [0.3, 0.4) is 0 Å². The maximum atomic E-state index is 15.0. The topological polar surface area (TPSA) is 79.7 Å². The Bertz CT molecular complexity index is 1130. The Labute approximate surface area is 206 Å². The summed E-state index contributed by atoms with van der Waals surface area (Å²) < 4.78 is 26.1. The number of fused-ring (bicyclic) bond motifs is 2. The van der Waals surface area contributed by atoms with Crippen molar-refractivity contribution in [3.63, 3.8) is 0 Å². The van der Waals surface area contributed by atoms with E-state index >= 15 is 0 Å². The van der Waals surface area contributed by atoms with Crippen molar-refractivity contribution in [2.45, 2.75) is 52.1 Å². The standard InChI is InChI=1S/C25H29FN4O3.C2H6/c1-16-9-19-18(3-2-4-21(19)28-11-16)23(31)15-30-6-5-22(20(26)14-30)29-12-17-10-24-25(13-27-17)33-8-7-32-24;1-2/h2-4,9-11,13,20,22-23,29,31H,5-8,12,14-15H2,1H3;1-2H3. The lowest BCUT2D eigenvalue weighted by Gasteiger charge is -2.36. The summed E-state index contributed by atoms with van der Waals surface area (Å²) in [7, 11) is 0. The van der Waals surface area contributed by atoms with Gasteiger partial charge in [-0.05, 0) is 43.1 Å². The van der Waals surface area contributed by atoms with Crippen LogP contribution in [0.4, 0.5) is 4.39 Å². The number of pyridine rings is 2. The van der Waals surface area contributed by atoms with Gasteiger partial charge in [-0.3, -0.25) is 14.9 Å². The van der Waals surface area contributed by atoms with Crippen molar-refractivity contribution in [1.82, 2.24) is 20.2 Å². The number of likely N-dealkylation sites (tertiary alicyclic amines) is 1. The Morgan fingerprint density at radius 2 is 1.94 bits per heavy atom. The SMILES string of the molecule is CC.Cc1cnc2cccc(C(O)CN3CCC(NCc4cc5c(cn4)OCCO5)C(F)C3)c2c1. The molecule has 188 valence electrons. The van der Waals surface area contributed by atoms with E-state index in [0.29, 0.717) is 50.8 Å². The van der Waals surface area contributed by atoms with Crippen molar-refractivity contribution in [1.29, 1.82) is 0 Å². The van der Waals surface area contributed by atoms with Crippen LogP contribution in [0.2, 0.25) is 0 Å². The van der Waals surface area contributed by atoms with Crippen LogP contribution in [0.1, 0.15) is 43.2 Å². The van der Waals surface area contributed by atoms with Crippen molar-refractivity contribution >= 4 is 10.9 Å². The second-order valence-electron chi connectivity index (χ2n) is 8.81. The van der Waals surface area contributed by atoms with Gasteiger partial charge in [-0.2, -0.15) is 0 Å². The zero-order valence-electron chi connectivity index (χ0n) is 20.7. The number of alkyl halides is 1. The third-order valence-corrected chi connectivity index (χ3v) is 6.34. The quantitative estimate of drug-likeness (QED) is 0.550. The lowest BCUT2D eigenvalue weighted by molar-refractivity contribution is 0.0570. The van der Waals surface area contributed by atoms with Crippen LogP contribution in [-0.4, -0.2) is 65.0 Å². The van der Waals surface area contributed by atoms with Crippen LogP contribution >= 0.6 is 0 Å². The van der Waals surface area contributed by atoms with Gasteiger partial charge in [0.15, 0.2) is 11.5 Å². The summed E-state index contributed by atoms with van der Waals surface area (Å²) in [5.74, 6) is 1.34. The number of aromatic nitrogens is 2. The van der Waals surface area contributed by atoms with E-state index in [0.717, 1.165) is 27.7 Å². The monoisotopic (exact) mass is 482 g/mol. The molecule has 2 aliphatic heterocycles. The number of aliphatic hydroxyl groups is 1. The van der Waals surface area contributed by atoms with Gasteiger partial charge in [-0.1, -0.05) is 26.0 Å². The molecule has 7 nitrogen and oxygen atoms in total. The molecule has 3 aromatic rings. The van der Waals surface area contributed by atoms with Gasteiger partial charge in [0, 0.05) is 43.3 Å². The molecule has 3 atom stereocenters. The number of hydrogen-bond donors (Lipinski definition) is 2. The first kappa shape index (κ1) is 25.3. The second-order valence-corrected chi connectivity index (χ2v) is 8.81. The fourth-order valence-electron chi connectivity index (χ4n) is 4.60. The predicted molar refractivity (Wildman–Crippen MR) is 135 cm³/mol. The molecule has 0 saturated carbocycles. The molecular weight excluding hydrogens is 447 g/mol. The Balaban J connectivity index is 0.00000141. The second kappa shape index (κ2) is 11.7. The summed E-state index contributed by atoms with van der Waals surface area (Å²) in [6.45, 7) is 8.89. The van der Waals surface area contributed by atoms with Gasteiger partial charge in [0.25, 0.3) is 0 Å². The van der Waals surface area contributed by atoms with Crippen LogP contribution in [0.15, 0.2) is 42.7 Å². The number of nitrogens with zero attached hydrogens (tertiary/aromatic N) is 3. The molecule has 4 heterocycles. The lowest BCUT2D eigenvalue weighted by atomic mass is 9.99. The van der Waals surface area contributed by atoms with Crippen molar-refractivity contribution in [2.24, 2.45) is 0 Å². The first-order chi connectivity index (χ1) is 17.1. The minimum atomic E-state index is -1.03. The molecule has 1 aromatic carbocycles. The Hall–Kier alpha value is -2.81. The maximum absolute atomic E-state index is 15.0. The third kappa shape index (κ3) is 6.07. The van der Waals surface area contributed by atoms with E-state index in [1.54, 1.807) is 6.20 Å². The number of aliphatic hydroxyl groups excluding tert-OH is 1. The van der Waals surface area contributed by atoms with Gasteiger partial charge in [0.05, 0.1) is 23.5 Å². The van der Waals surface area contributed by atoms with Crippen LogP contribution < -0.4 is 14.8 Å². The molecule has 2 N–H and O–H groups in total. The zero-order chi connectivity index (χ0) is 24.8. The van der Waals surface area contributed by atoms with Crippen LogP contribution in [0.25, 0.3) is 10.9 Å². The number of halogens is 1. The minimum Gasteiger partial charge on any atom is -0.486 e. The minimum absolute atomic E-state index is 0.252. The smallest absolute Gasteiger partial charge is 0.179 e. The summed E-state index contributed by atoms with van der Waals surface area (Å²) >= 11 is 0. The van der Waals surface area contributed by atoms with Gasteiger partial charge < -0.3 is 19.9 Å². The molecule has 3 unspecified atom stereocenters. The number of piperidine rings is 1. The number of β-amino-alcohol motifs (C(OH)–C–C–N with tert-alkyl or cyclic N) is 1. The van der Waals surface area contributed by atoms with Crippen LogP contribution in [-0.2, 0) is 6.54 Å². The molecule has 2 aromatic heterocycles.